The zero-order valence-electron chi connectivity index (χ0n) is 58.0. The molecule has 0 saturated heterocycles. The first kappa shape index (κ1) is 73.9. The number of hydrogen-bond donors (Lipinski definition) is 8. The summed E-state index contributed by atoms with van der Waals surface area (Å²) in [6.07, 6.45) is 3.29. The molecular formula is C89H85FN4O8. The first-order valence-electron chi connectivity index (χ1n) is 33.8. The van der Waals surface area contributed by atoms with Gasteiger partial charge in [-0.05, 0) is 242 Å². The molecule has 0 fully saturated rings. The molecule has 12 rings (SSSR count). The van der Waals surface area contributed by atoms with Gasteiger partial charge in [-0.15, -0.1) is 0 Å². The van der Waals surface area contributed by atoms with Gasteiger partial charge in [0.05, 0.1) is 0 Å². The van der Waals surface area contributed by atoms with E-state index < -0.39 is 5.82 Å². The highest BCUT2D eigenvalue weighted by Crippen LogP contribution is 2.39. The van der Waals surface area contributed by atoms with Crippen LogP contribution in [0.5, 0.6) is 23.0 Å². The van der Waals surface area contributed by atoms with E-state index in [-0.39, 0.29) is 53.0 Å². The number of hydrogen-bond acceptors (Lipinski definition) is 8. The van der Waals surface area contributed by atoms with Crippen molar-refractivity contribution in [3.05, 3.63) is 311 Å². The topological polar surface area (TPSA) is 253 Å². The third-order valence-electron chi connectivity index (χ3n) is 17.8. The van der Waals surface area contributed by atoms with Gasteiger partial charge < -0.3 is 43.4 Å². The summed E-state index contributed by atoms with van der Waals surface area (Å²) in [5.41, 5.74) is 46.1. The van der Waals surface area contributed by atoms with Gasteiger partial charge in [0.25, 0.3) is 0 Å². The van der Waals surface area contributed by atoms with Crippen LogP contribution >= 0.6 is 0 Å². The summed E-state index contributed by atoms with van der Waals surface area (Å²) in [5.74, 6) is -1.57. The van der Waals surface area contributed by atoms with Crippen LogP contribution in [-0.2, 0) is 44.9 Å². The van der Waals surface area contributed by atoms with E-state index in [4.69, 9.17) is 22.9 Å². The highest BCUT2D eigenvalue weighted by Gasteiger charge is 2.18. The SMILES string of the molecule is Cc1cc(-c2ccc(-c3ccccc3)cc2CCC(N)=O)cc(O)c1C.Cc1cc(-c2ccc(-c3ccccc3)cc2CCC(N)=O)cc(O)c1F.Cc1cc(O)cc(-c2ccc(-c3ccccc3)cc2CCC(N)=O)c1.Cc1ccc(O)cc1-c1ccc(-c2ccccc2)cc1CCC(N)=O. The molecule has 13 heteroatoms. The summed E-state index contributed by atoms with van der Waals surface area (Å²) in [6, 6.07) is 82.7. The smallest absolute Gasteiger partial charge is 0.217 e. The van der Waals surface area contributed by atoms with Crippen molar-refractivity contribution in [2.75, 3.05) is 0 Å². The predicted molar refractivity (Wildman–Crippen MR) is 410 cm³/mol. The fourth-order valence-electron chi connectivity index (χ4n) is 12.3. The van der Waals surface area contributed by atoms with E-state index >= 15 is 0 Å². The number of phenols is 4. The molecule has 0 aliphatic carbocycles. The summed E-state index contributed by atoms with van der Waals surface area (Å²) in [4.78, 5) is 45.1. The Morgan fingerprint density at radius 1 is 0.284 bits per heavy atom. The largest absolute Gasteiger partial charge is 0.508 e. The third kappa shape index (κ3) is 20.2. The predicted octanol–water partition coefficient (Wildman–Crippen LogP) is 18.3. The Kier molecular flexibility index (Phi) is 25.3. The Morgan fingerprint density at radius 2 is 0.618 bits per heavy atom. The number of aryl methyl sites for hydroxylation is 8. The molecule has 516 valence electrons. The van der Waals surface area contributed by atoms with Crippen LogP contribution in [0, 0.1) is 40.4 Å². The molecule has 0 bridgehead atoms. The highest BCUT2D eigenvalue weighted by atomic mass is 19.1. The van der Waals surface area contributed by atoms with Gasteiger partial charge in [0.15, 0.2) is 11.6 Å². The fraction of sp³-hybridized carbons (Fsp3) is 0.146. The molecule has 0 aliphatic heterocycles. The number of amides is 4. The van der Waals surface area contributed by atoms with Crippen LogP contribution in [0.4, 0.5) is 4.39 Å². The summed E-state index contributed by atoms with van der Waals surface area (Å²) < 4.78 is 13.8. The quantitative estimate of drug-likeness (QED) is 0.0363. The standard InChI is InChI=1S/C23H23NO2.C22H20FNO2.2C22H21NO2/c1-15-12-20(14-22(25)16(15)2)21-10-8-18(17-6-4-3-5-7-17)13-19(21)9-11-23(24)26;1-14-11-18(13-20(25)22(14)23)19-9-7-16(15-5-3-2-4-6-15)12-17(19)8-10-21(24)26;1-15-7-10-19(24)14-21(15)20-11-8-17(16-5-3-2-4-6-16)13-18(20)9-12-22(23)25;1-15-11-19(14-20(24)12-15)21-9-7-17(16-5-3-2-4-6-16)13-18(21)8-10-22(23)25/h3-8,10,12-14,25H,9,11H2,1-2H3,(H2,24,26);2-7,9,11-13,25H,8,10H2,1H3,(H2,24,26);2-8,10-11,13-14,24H,9,12H2,1H3,(H2,23,25);2-7,9,11-14,24H,8,10H2,1H3,(H2,23,25). The lowest BCUT2D eigenvalue weighted by molar-refractivity contribution is -0.118. The Balaban J connectivity index is 0.000000158. The monoisotopic (exact) mass is 1360 g/mol. The minimum Gasteiger partial charge on any atom is -0.508 e. The lowest BCUT2D eigenvalue weighted by atomic mass is 9.90. The molecular weight excluding hydrogens is 1270 g/mol. The van der Waals surface area contributed by atoms with Crippen LogP contribution in [-0.4, -0.2) is 44.1 Å². The number of carbonyl (C=O) groups is 4. The number of rotatable bonds is 20. The molecule has 0 atom stereocenters. The molecule has 0 unspecified atom stereocenters. The van der Waals surface area contributed by atoms with E-state index in [1.165, 1.54) is 6.07 Å². The lowest BCUT2D eigenvalue weighted by Crippen LogP contribution is -2.11. The molecule has 12 N–H and O–H groups in total. The van der Waals surface area contributed by atoms with Gasteiger partial charge in [-0.2, -0.15) is 0 Å². The van der Waals surface area contributed by atoms with Crippen molar-refractivity contribution < 1.29 is 44.0 Å². The van der Waals surface area contributed by atoms with Crippen LogP contribution in [0.3, 0.4) is 0 Å². The van der Waals surface area contributed by atoms with Crippen LogP contribution < -0.4 is 22.9 Å². The zero-order valence-corrected chi connectivity index (χ0v) is 58.0. The van der Waals surface area contributed by atoms with E-state index in [1.807, 2.05) is 149 Å². The third-order valence-corrected chi connectivity index (χ3v) is 17.8. The average molecular weight is 1360 g/mol. The van der Waals surface area contributed by atoms with Crippen molar-refractivity contribution in [3.8, 4) is 112 Å². The molecule has 0 aliphatic rings. The van der Waals surface area contributed by atoms with Gasteiger partial charge in [0.1, 0.15) is 17.2 Å². The van der Waals surface area contributed by atoms with Gasteiger partial charge in [-0.3, -0.25) is 19.2 Å². The summed E-state index contributed by atoms with van der Waals surface area (Å²) >= 11 is 0. The summed E-state index contributed by atoms with van der Waals surface area (Å²) in [6.45, 7) is 9.46. The van der Waals surface area contributed by atoms with Gasteiger partial charge in [-0.1, -0.05) is 212 Å². The van der Waals surface area contributed by atoms with E-state index in [0.717, 1.165) is 128 Å². The van der Waals surface area contributed by atoms with Gasteiger partial charge in [-0.25, -0.2) is 4.39 Å². The lowest BCUT2D eigenvalue weighted by Gasteiger charge is -2.14. The first-order chi connectivity index (χ1) is 49.0. The maximum atomic E-state index is 13.8. The van der Waals surface area contributed by atoms with E-state index in [0.29, 0.717) is 56.1 Å². The Hall–Kier alpha value is -12.4. The van der Waals surface area contributed by atoms with Crippen LogP contribution in [0.25, 0.3) is 89.0 Å². The molecule has 0 radical (unpaired) electrons. The maximum absolute atomic E-state index is 13.8. The Bertz CT molecular complexity index is 4720. The molecule has 0 aromatic heterocycles. The first-order valence-corrected chi connectivity index (χ1v) is 33.8. The average Bonchev–Trinajstić information content (AvgIpc) is 0.817. The number of aromatic hydroxyl groups is 4. The second-order valence-corrected chi connectivity index (χ2v) is 25.4. The molecule has 0 spiro atoms. The second-order valence-electron chi connectivity index (χ2n) is 25.4. The normalized spacial score (nSPS) is 10.6. The highest BCUT2D eigenvalue weighted by molar-refractivity contribution is 5.83. The fourth-order valence-corrected chi connectivity index (χ4v) is 12.3. The molecule has 12 aromatic carbocycles. The van der Waals surface area contributed by atoms with Gasteiger partial charge >= 0.3 is 0 Å². The molecule has 0 heterocycles. The van der Waals surface area contributed by atoms with Crippen molar-refractivity contribution in [3.63, 3.8) is 0 Å². The molecule has 102 heavy (non-hydrogen) atoms. The van der Waals surface area contributed by atoms with E-state index in [9.17, 15) is 44.0 Å². The Labute approximate surface area is 596 Å². The van der Waals surface area contributed by atoms with Gasteiger partial charge in [0.2, 0.25) is 23.6 Å². The number of nitrogens with two attached hydrogens (primary N) is 4. The molecule has 12 aromatic rings. The van der Waals surface area contributed by atoms with E-state index in [2.05, 4.69) is 91.0 Å². The maximum Gasteiger partial charge on any atom is 0.217 e. The summed E-state index contributed by atoms with van der Waals surface area (Å²) in [5, 5.41) is 39.8. The van der Waals surface area contributed by atoms with Crippen molar-refractivity contribution in [2.24, 2.45) is 22.9 Å². The van der Waals surface area contributed by atoms with Crippen molar-refractivity contribution in [2.45, 2.75) is 86.0 Å². The van der Waals surface area contributed by atoms with E-state index in [1.54, 1.807) is 43.3 Å². The molecule has 12 nitrogen and oxygen atoms in total. The number of halogens is 1. The second kappa shape index (κ2) is 34.9. The van der Waals surface area contributed by atoms with Crippen LogP contribution in [0.2, 0.25) is 0 Å². The minimum atomic E-state index is -0.617. The summed E-state index contributed by atoms with van der Waals surface area (Å²) in [7, 11) is 0. The molecule has 0 saturated carbocycles. The van der Waals surface area contributed by atoms with Crippen LogP contribution in [0.1, 0.15) is 75.8 Å². The molecule has 4 amide bonds. The number of primary amides is 4. The van der Waals surface area contributed by atoms with Crippen molar-refractivity contribution in [1.29, 1.82) is 0 Å². The minimum absolute atomic E-state index is 0.220. The zero-order chi connectivity index (χ0) is 73.0. The van der Waals surface area contributed by atoms with Crippen molar-refractivity contribution >= 4 is 23.6 Å². The number of phenolic OH excluding ortho intramolecular Hbond substituents is 4. The van der Waals surface area contributed by atoms with Gasteiger partial charge in [0, 0.05) is 25.7 Å². The number of benzene rings is 12. The Morgan fingerprint density at radius 3 is 0.961 bits per heavy atom. The van der Waals surface area contributed by atoms with Crippen molar-refractivity contribution in [1.82, 2.24) is 0 Å². The number of carbonyl (C=O) groups excluding carboxylic acids is 4. The van der Waals surface area contributed by atoms with Crippen LogP contribution in [0.15, 0.2) is 255 Å².